The minimum atomic E-state index is -1.27. The molecule has 5 heteroatoms. The molecule has 5 nitrogen and oxygen atoms in total. The Kier molecular flexibility index (Phi) is 2.82. The van der Waals surface area contributed by atoms with Crippen molar-refractivity contribution < 1.29 is 19.1 Å². The predicted molar refractivity (Wildman–Crippen MR) is 60.6 cm³/mol. The molecule has 1 heterocycles. The van der Waals surface area contributed by atoms with Crippen molar-refractivity contribution in [1.82, 2.24) is 0 Å². The third kappa shape index (κ3) is 2.13. The highest BCUT2D eigenvalue weighted by atomic mass is 16.5. The second-order valence-corrected chi connectivity index (χ2v) is 3.37. The van der Waals surface area contributed by atoms with Gasteiger partial charge in [-0.05, 0) is 25.1 Å². The average molecular weight is 234 g/mol. The van der Waals surface area contributed by atoms with Gasteiger partial charge in [0, 0.05) is 6.07 Å². The third-order valence-electron chi connectivity index (χ3n) is 2.22. The van der Waals surface area contributed by atoms with Crippen LogP contribution in [-0.2, 0) is 0 Å². The summed E-state index contributed by atoms with van der Waals surface area (Å²) in [5.74, 6) is -1.08. The van der Waals surface area contributed by atoms with Crippen LogP contribution in [-0.4, -0.2) is 17.7 Å². The first-order valence-electron chi connectivity index (χ1n) is 5.06. The van der Waals surface area contributed by atoms with Gasteiger partial charge in [-0.15, -0.1) is 0 Å². The van der Waals surface area contributed by atoms with E-state index in [0.29, 0.717) is 17.7 Å². The quantitative estimate of drug-likeness (QED) is 0.877. The lowest BCUT2D eigenvalue weighted by molar-refractivity contribution is 0.0663. The van der Waals surface area contributed by atoms with Gasteiger partial charge in [0.1, 0.15) is 11.3 Å². The second kappa shape index (κ2) is 4.29. The number of carboxylic acids is 1. The smallest absolute Gasteiger partial charge is 0.371 e. The van der Waals surface area contributed by atoms with E-state index in [1.807, 2.05) is 6.92 Å². The van der Waals surface area contributed by atoms with Crippen LogP contribution in [0.4, 0.5) is 0 Å². The van der Waals surface area contributed by atoms with Gasteiger partial charge in [0.15, 0.2) is 5.43 Å². The predicted octanol–water partition coefficient (Wildman–Crippen LogP) is 1.89. The molecule has 0 spiro atoms. The summed E-state index contributed by atoms with van der Waals surface area (Å²) in [5.41, 5.74) is -0.163. The molecule has 0 amide bonds. The first kappa shape index (κ1) is 11.2. The molecule has 0 atom stereocenters. The van der Waals surface area contributed by atoms with Gasteiger partial charge in [-0.25, -0.2) is 4.79 Å². The number of carboxylic acid groups (broad SMARTS) is 1. The van der Waals surface area contributed by atoms with Crippen molar-refractivity contribution in [3.05, 3.63) is 40.2 Å². The third-order valence-corrected chi connectivity index (χ3v) is 2.22. The summed E-state index contributed by atoms with van der Waals surface area (Å²) in [6, 6.07) is 5.64. The Morgan fingerprint density at radius 1 is 1.41 bits per heavy atom. The van der Waals surface area contributed by atoms with Crippen molar-refractivity contribution in [1.29, 1.82) is 0 Å². The molecule has 0 aliphatic carbocycles. The van der Waals surface area contributed by atoms with Crippen LogP contribution < -0.4 is 10.2 Å². The van der Waals surface area contributed by atoms with Crippen LogP contribution in [0.5, 0.6) is 5.75 Å². The molecule has 0 aliphatic heterocycles. The molecule has 0 radical (unpaired) electrons. The molecule has 0 fully saturated rings. The molecule has 2 rings (SSSR count). The van der Waals surface area contributed by atoms with Gasteiger partial charge < -0.3 is 14.3 Å². The zero-order valence-corrected chi connectivity index (χ0v) is 9.10. The van der Waals surface area contributed by atoms with Gasteiger partial charge in [0.25, 0.3) is 0 Å². The van der Waals surface area contributed by atoms with Crippen LogP contribution in [0, 0.1) is 0 Å². The van der Waals surface area contributed by atoms with Crippen molar-refractivity contribution in [2.75, 3.05) is 6.61 Å². The molecule has 0 bridgehead atoms. The average Bonchev–Trinajstić information content (AvgIpc) is 2.30. The Morgan fingerprint density at radius 3 is 2.82 bits per heavy atom. The van der Waals surface area contributed by atoms with Crippen molar-refractivity contribution in [2.45, 2.75) is 6.92 Å². The fourth-order valence-electron chi connectivity index (χ4n) is 1.50. The molecule has 88 valence electrons. The maximum atomic E-state index is 11.7. The number of carbonyl (C=O) groups is 1. The van der Waals surface area contributed by atoms with Crippen molar-refractivity contribution in [2.24, 2.45) is 0 Å². The standard InChI is InChI=1S/C12H10O5/c1-2-16-7-3-4-10-8(5-7)9(13)6-11(17-10)12(14)15/h3-6H,2H2,1H3,(H,14,15). The number of benzene rings is 1. The van der Waals surface area contributed by atoms with Gasteiger partial charge in [-0.1, -0.05) is 0 Å². The maximum absolute atomic E-state index is 11.7. The highest BCUT2D eigenvalue weighted by molar-refractivity contribution is 5.87. The number of hydrogen-bond donors (Lipinski definition) is 1. The zero-order valence-electron chi connectivity index (χ0n) is 9.10. The van der Waals surface area contributed by atoms with Crippen LogP contribution >= 0.6 is 0 Å². The van der Waals surface area contributed by atoms with E-state index in [4.69, 9.17) is 14.3 Å². The highest BCUT2D eigenvalue weighted by Gasteiger charge is 2.11. The SMILES string of the molecule is CCOc1ccc2oc(C(=O)O)cc(=O)c2c1. The molecule has 2 aromatic rings. The number of aromatic carboxylic acids is 1. The van der Waals surface area contributed by atoms with E-state index in [0.717, 1.165) is 6.07 Å². The van der Waals surface area contributed by atoms with Crippen LogP contribution in [0.15, 0.2) is 33.5 Å². The maximum Gasteiger partial charge on any atom is 0.371 e. The molecule has 0 unspecified atom stereocenters. The summed E-state index contributed by atoms with van der Waals surface area (Å²) in [4.78, 5) is 22.4. The monoisotopic (exact) mass is 234 g/mol. The molecule has 0 aliphatic rings. The molecular formula is C12H10O5. The normalized spacial score (nSPS) is 10.4. The first-order valence-corrected chi connectivity index (χ1v) is 5.06. The van der Waals surface area contributed by atoms with E-state index >= 15 is 0 Å². The molecule has 1 aromatic heterocycles. The van der Waals surface area contributed by atoms with Crippen LogP contribution in [0.2, 0.25) is 0 Å². The van der Waals surface area contributed by atoms with Gasteiger partial charge in [-0.2, -0.15) is 0 Å². The first-order chi connectivity index (χ1) is 8.11. The van der Waals surface area contributed by atoms with E-state index in [9.17, 15) is 9.59 Å². The van der Waals surface area contributed by atoms with Crippen LogP contribution in [0.25, 0.3) is 11.0 Å². The topological polar surface area (TPSA) is 76.7 Å². The van der Waals surface area contributed by atoms with E-state index in [1.54, 1.807) is 6.07 Å². The van der Waals surface area contributed by atoms with E-state index in [-0.39, 0.29) is 11.3 Å². The largest absolute Gasteiger partial charge is 0.494 e. The van der Waals surface area contributed by atoms with Gasteiger partial charge in [0.05, 0.1) is 12.0 Å². The molecule has 1 N–H and O–H groups in total. The fourth-order valence-corrected chi connectivity index (χ4v) is 1.50. The Bertz CT molecular complexity index is 626. The Morgan fingerprint density at radius 2 is 2.18 bits per heavy atom. The number of ether oxygens (including phenoxy) is 1. The summed E-state index contributed by atoms with van der Waals surface area (Å²) in [6.45, 7) is 2.32. The minimum absolute atomic E-state index is 0.235. The Balaban J connectivity index is 2.64. The van der Waals surface area contributed by atoms with E-state index in [1.165, 1.54) is 12.1 Å². The van der Waals surface area contributed by atoms with E-state index in [2.05, 4.69) is 0 Å². The summed E-state index contributed by atoms with van der Waals surface area (Å²) in [7, 11) is 0. The molecular weight excluding hydrogens is 224 g/mol. The number of fused-ring (bicyclic) bond motifs is 1. The Hall–Kier alpha value is -2.30. The lowest BCUT2D eigenvalue weighted by atomic mass is 10.2. The van der Waals surface area contributed by atoms with Gasteiger partial charge in [0.2, 0.25) is 5.76 Å². The van der Waals surface area contributed by atoms with Crippen molar-refractivity contribution in [3.8, 4) is 5.75 Å². The molecule has 1 aromatic carbocycles. The fraction of sp³-hybridized carbons (Fsp3) is 0.167. The molecule has 0 saturated carbocycles. The van der Waals surface area contributed by atoms with Crippen LogP contribution in [0.1, 0.15) is 17.5 Å². The molecule has 0 saturated heterocycles. The lowest BCUT2D eigenvalue weighted by Gasteiger charge is -2.04. The minimum Gasteiger partial charge on any atom is -0.494 e. The zero-order chi connectivity index (χ0) is 12.4. The number of hydrogen-bond acceptors (Lipinski definition) is 4. The summed E-state index contributed by atoms with van der Waals surface area (Å²) < 4.78 is 10.3. The van der Waals surface area contributed by atoms with Crippen molar-refractivity contribution >= 4 is 16.9 Å². The van der Waals surface area contributed by atoms with Gasteiger partial charge >= 0.3 is 5.97 Å². The summed E-state index contributed by atoms with van der Waals surface area (Å²) in [6.07, 6.45) is 0. The van der Waals surface area contributed by atoms with Crippen molar-refractivity contribution in [3.63, 3.8) is 0 Å². The van der Waals surface area contributed by atoms with Crippen LogP contribution in [0.3, 0.4) is 0 Å². The Labute approximate surface area is 96.2 Å². The summed E-state index contributed by atoms with van der Waals surface area (Å²) >= 11 is 0. The van der Waals surface area contributed by atoms with Gasteiger partial charge in [-0.3, -0.25) is 4.79 Å². The second-order valence-electron chi connectivity index (χ2n) is 3.37. The summed E-state index contributed by atoms with van der Waals surface area (Å²) in [5, 5.41) is 9.06. The highest BCUT2D eigenvalue weighted by Crippen LogP contribution is 2.19. The lowest BCUT2D eigenvalue weighted by Crippen LogP contribution is -2.06. The number of rotatable bonds is 3. The van der Waals surface area contributed by atoms with E-state index < -0.39 is 11.4 Å². The molecule has 17 heavy (non-hydrogen) atoms.